The predicted octanol–water partition coefficient (Wildman–Crippen LogP) is 3.02. The smallest absolute Gasteiger partial charge is 0.262 e. The Morgan fingerprint density at radius 2 is 1.96 bits per heavy atom. The first kappa shape index (κ1) is 19.1. The van der Waals surface area contributed by atoms with Crippen molar-refractivity contribution in [2.75, 3.05) is 13.7 Å². The summed E-state index contributed by atoms with van der Waals surface area (Å²) in [5.41, 5.74) is 1.41. The van der Waals surface area contributed by atoms with Crippen LogP contribution in [0.3, 0.4) is 0 Å². The fourth-order valence-electron chi connectivity index (χ4n) is 2.95. The molecule has 0 saturated heterocycles. The van der Waals surface area contributed by atoms with Gasteiger partial charge in [-0.25, -0.2) is 4.98 Å². The lowest BCUT2D eigenvalue weighted by Crippen LogP contribution is -2.36. The number of rotatable bonds is 5. The van der Waals surface area contributed by atoms with E-state index in [2.05, 4.69) is 24.1 Å². The molecule has 3 rings (SSSR count). The number of carbonyl (C=O) groups is 1. The van der Waals surface area contributed by atoms with Crippen molar-refractivity contribution in [3.63, 3.8) is 0 Å². The highest BCUT2D eigenvalue weighted by Crippen LogP contribution is 2.28. The quantitative estimate of drug-likeness (QED) is 0.733. The summed E-state index contributed by atoms with van der Waals surface area (Å²) in [6.45, 7) is 6.41. The maximum Gasteiger partial charge on any atom is 0.262 e. The number of hydrogen-bond acceptors (Lipinski definition) is 5. The monoisotopic (exact) mass is 385 g/mol. The van der Waals surface area contributed by atoms with Gasteiger partial charge in [0.15, 0.2) is 0 Å². The maximum absolute atomic E-state index is 12.8. The van der Waals surface area contributed by atoms with Gasteiger partial charge in [-0.05, 0) is 30.2 Å². The highest BCUT2D eigenvalue weighted by atomic mass is 32.1. The Kier molecular flexibility index (Phi) is 5.06. The fourth-order valence-corrected chi connectivity index (χ4v) is 4.01. The van der Waals surface area contributed by atoms with E-state index in [0.717, 1.165) is 11.3 Å². The predicted molar refractivity (Wildman–Crippen MR) is 108 cm³/mol. The topological polar surface area (TPSA) is 73.2 Å². The van der Waals surface area contributed by atoms with Gasteiger partial charge >= 0.3 is 0 Å². The second kappa shape index (κ2) is 7.15. The molecule has 1 aromatic carbocycles. The van der Waals surface area contributed by atoms with E-state index < -0.39 is 0 Å². The number of nitrogens with zero attached hydrogens (tertiary/aromatic N) is 2. The van der Waals surface area contributed by atoms with E-state index in [1.165, 1.54) is 22.2 Å². The minimum atomic E-state index is -0.249. The standard InChI is InChI=1S/C20H23N3O3S/c1-12-15-18(22-11-23(4)19(15)25)27-16(12)17(24)21-10-20(2,3)13-6-8-14(26-5)9-7-13/h6-9,11H,10H2,1-5H3,(H,21,24). The summed E-state index contributed by atoms with van der Waals surface area (Å²) in [4.78, 5) is 30.5. The maximum atomic E-state index is 12.8. The second-order valence-corrected chi connectivity index (χ2v) is 8.19. The molecule has 27 heavy (non-hydrogen) atoms. The number of aromatic nitrogens is 2. The zero-order valence-electron chi connectivity index (χ0n) is 16.1. The Morgan fingerprint density at radius 1 is 1.30 bits per heavy atom. The molecule has 0 atom stereocenters. The molecule has 2 aromatic heterocycles. The summed E-state index contributed by atoms with van der Waals surface area (Å²) in [7, 11) is 3.29. The van der Waals surface area contributed by atoms with Gasteiger partial charge in [0.2, 0.25) is 0 Å². The van der Waals surface area contributed by atoms with E-state index in [0.29, 0.717) is 27.2 Å². The lowest BCUT2D eigenvalue weighted by atomic mass is 9.84. The average molecular weight is 385 g/mol. The number of hydrogen-bond donors (Lipinski definition) is 1. The zero-order valence-corrected chi connectivity index (χ0v) is 16.9. The van der Waals surface area contributed by atoms with Gasteiger partial charge in [-0.15, -0.1) is 11.3 Å². The molecule has 0 radical (unpaired) electrons. The minimum Gasteiger partial charge on any atom is -0.497 e. The number of benzene rings is 1. The molecule has 2 heterocycles. The van der Waals surface area contributed by atoms with Crippen LogP contribution in [0.2, 0.25) is 0 Å². The molecule has 0 aliphatic rings. The van der Waals surface area contributed by atoms with E-state index >= 15 is 0 Å². The average Bonchev–Trinajstić information content (AvgIpc) is 3.00. The lowest BCUT2D eigenvalue weighted by molar-refractivity contribution is 0.0949. The van der Waals surface area contributed by atoms with Crippen LogP contribution in [0.1, 0.15) is 34.6 Å². The number of methoxy groups -OCH3 is 1. The lowest BCUT2D eigenvalue weighted by Gasteiger charge is -2.25. The van der Waals surface area contributed by atoms with Crippen molar-refractivity contribution < 1.29 is 9.53 Å². The van der Waals surface area contributed by atoms with Crippen molar-refractivity contribution >= 4 is 27.5 Å². The molecule has 0 aliphatic carbocycles. The van der Waals surface area contributed by atoms with Crippen molar-refractivity contribution in [3.8, 4) is 5.75 Å². The second-order valence-electron chi connectivity index (χ2n) is 7.19. The van der Waals surface area contributed by atoms with E-state index in [1.807, 2.05) is 24.3 Å². The molecule has 0 fully saturated rings. The van der Waals surface area contributed by atoms with Crippen molar-refractivity contribution in [1.82, 2.24) is 14.9 Å². The van der Waals surface area contributed by atoms with Crippen LogP contribution in [0, 0.1) is 6.92 Å². The molecule has 7 heteroatoms. The molecule has 1 N–H and O–H groups in total. The minimum absolute atomic E-state index is 0.133. The third-order valence-electron chi connectivity index (χ3n) is 4.78. The van der Waals surface area contributed by atoms with Crippen LogP contribution < -0.4 is 15.6 Å². The first-order chi connectivity index (χ1) is 12.7. The highest BCUT2D eigenvalue weighted by molar-refractivity contribution is 7.20. The number of aryl methyl sites for hydroxylation is 2. The molecule has 1 amide bonds. The number of amides is 1. The van der Waals surface area contributed by atoms with Gasteiger partial charge in [-0.3, -0.25) is 9.59 Å². The third kappa shape index (κ3) is 3.60. The van der Waals surface area contributed by atoms with E-state index in [9.17, 15) is 9.59 Å². The molecule has 6 nitrogen and oxygen atoms in total. The molecule has 0 spiro atoms. The Labute approximate surface area is 161 Å². The Hall–Kier alpha value is -2.67. The molecular weight excluding hydrogens is 362 g/mol. The normalized spacial score (nSPS) is 11.6. The molecule has 0 unspecified atom stereocenters. The largest absolute Gasteiger partial charge is 0.497 e. The summed E-state index contributed by atoms with van der Waals surface area (Å²) in [6, 6.07) is 7.83. The van der Waals surface area contributed by atoms with E-state index in [-0.39, 0.29) is 16.9 Å². The Balaban J connectivity index is 1.81. The first-order valence-electron chi connectivity index (χ1n) is 8.62. The first-order valence-corrected chi connectivity index (χ1v) is 9.43. The molecule has 0 saturated carbocycles. The Bertz CT molecular complexity index is 1050. The van der Waals surface area contributed by atoms with Gasteiger partial charge < -0.3 is 14.6 Å². The van der Waals surface area contributed by atoms with Gasteiger partial charge in [0, 0.05) is 19.0 Å². The fraction of sp³-hybridized carbons (Fsp3) is 0.350. The van der Waals surface area contributed by atoms with Gasteiger partial charge in [0.25, 0.3) is 11.5 Å². The summed E-state index contributed by atoms with van der Waals surface area (Å²) in [6.07, 6.45) is 1.48. The number of carbonyl (C=O) groups excluding carboxylic acids is 1. The van der Waals surface area contributed by atoms with Crippen LogP contribution in [-0.2, 0) is 12.5 Å². The SMILES string of the molecule is COc1ccc(C(C)(C)CNC(=O)c2sc3ncn(C)c(=O)c3c2C)cc1. The van der Waals surface area contributed by atoms with Crippen LogP contribution in [0.5, 0.6) is 5.75 Å². The summed E-state index contributed by atoms with van der Waals surface area (Å²) in [5.74, 6) is 0.618. The van der Waals surface area contributed by atoms with Crippen LogP contribution in [0.4, 0.5) is 0 Å². The van der Waals surface area contributed by atoms with Crippen molar-refractivity contribution in [1.29, 1.82) is 0 Å². The van der Waals surface area contributed by atoms with E-state index in [4.69, 9.17) is 4.74 Å². The van der Waals surface area contributed by atoms with Crippen LogP contribution >= 0.6 is 11.3 Å². The number of ether oxygens (including phenoxy) is 1. The Morgan fingerprint density at radius 3 is 2.59 bits per heavy atom. The van der Waals surface area contributed by atoms with Crippen LogP contribution in [0.25, 0.3) is 10.2 Å². The van der Waals surface area contributed by atoms with Crippen molar-refractivity contribution in [2.24, 2.45) is 7.05 Å². The molecular formula is C20H23N3O3S. The summed E-state index contributed by atoms with van der Waals surface area (Å²) < 4.78 is 6.62. The summed E-state index contributed by atoms with van der Waals surface area (Å²) >= 11 is 1.25. The molecule has 142 valence electrons. The molecule has 0 aliphatic heterocycles. The van der Waals surface area contributed by atoms with Crippen LogP contribution in [-0.4, -0.2) is 29.1 Å². The highest BCUT2D eigenvalue weighted by Gasteiger charge is 2.24. The van der Waals surface area contributed by atoms with E-state index in [1.54, 1.807) is 21.1 Å². The summed E-state index contributed by atoms with van der Waals surface area (Å²) in [5, 5.41) is 3.52. The van der Waals surface area contributed by atoms with Crippen LogP contribution in [0.15, 0.2) is 35.4 Å². The molecule has 3 aromatic rings. The van der Waals surface area contributed by atoms with Gasteiger partial charge in [0.1, 0.15) is 10.6 Å². The number of nitrogens with one attached hydrogen (secondary N) is 1. The zero-order chi connectivity index (χ0) is 19.8. The number of thiophene rings is 1. The number of fused-ring (bicyclic) bond motifs is 1. The van der Waals surface area contributed by atoms with Crippen molar-refractivity contribution in [2.45, 2.75) is 26.2 Å². The van der Waals surface area contributed by atoms with Gasteiger partial charge in [0.05, 0.1) is 23.7 Å². The van der Waals surface area contributed by atoms with Crippen molar-refractivity contribution in [3.05, 3.63) is 57.0 Å². The third-order valence-corrected chi connectivity index (χ3v) is 5.98. The molecule has 0 bridgehead atoms. The van der Waals surface area contributed by atoms with Gasteiger partial charge in [-0.2, -0.15) is 0 Å². The van der Waals surface area contributed by atoms with Gasteiger partial charge in [-0.1, -0.05) is 26.0 Å².